The SMILES string of the molecule is COc1c(C)cc(Br)cc1C(=O)Nc1ccc(C(C)(C)C)cc1. The maximum atomic E-state index is 12.6. The molecule has 1 amide bonds. The molecule has 0 unspecified atom stereocenters. The van der Waals surface area contributed by atoms with E-state index in [1.807, 2.05) is 37.3 Å². The van der Waals surface area contributed by atoms with E-state index in [-0.39, 0.29) is 11.3 Å². The van der Waals surface area contributed by atoms with Crippen molar-refractivity contribution in [1.82, 2.24) is 0 Å². The fraction of sp³-hybridized carbons (Fsp3) is 0.316. The second kappa shape index (κ2) is 6.75. The predicted molar refractivity (Wildman–Crippen MR) is 98.5 cm³/mol. The lowest BCUT2D eigenvalue weighted by Crippen LogP contribution is -2.15. The highest BCUT2D eigenvalue weighted by atomic mass is 79.9. The molecule has 23 heavy (non-hydrogen) atoms. The van der Waals surface area contributed by atoms with E-state index in [2.05, 4.69) is 42.0 Å². The Balaban J connectivity index is 2.26. The van der Waals surface area contributed by atoms with Gasteiger partial charge in [-0.05, 0) is 47.7 Å². The van der Waals surface area contributed by atoms with Gasteiger partial charge in [0.2, 0.25) is 0 Å². The number of nitrogens with one attached hydrogen (secondary N) is 1. The number of hydrogen-bond donors (Lipinski definition) is 1. The average molecular weight is 376 g/mol. The second-order valence-electron chi connectivity index (χ2n) is 6.58. The molecule has 0 aliphatic heterocycles. The van der Waals surface area contributed by atoms with E-state index < -0.39 is 0 Å². The van der Waals surface area contributed by atoms with Gasteiger partial charge in [-0.15, -0.1) is 0 Å². The first kappa shape index (κ1) is 17.5. The molecule has 0 fully saturated rings. The van der Waals surface area contributed by atoms with Crippen molar-refractivity contribution in [2.24, 2.45) is 0 Å². The molecule has 0 saturated heterocycles. The minimum Gasteiger partial charge on any atom is -0.496 e. The number of methoxy groups -OCH3 is 1. The molecule has 0 aromatic heterocycles. The largest absolute Gasteiger partial charge is 0.496 e. The summed E-state index contributed by atoms with van der Waals surface area (Å²) < 4.78 is 6.22. The Kier molecular flexibility index (Phi) is 5.15. The second-order valence-corrected chi connectivity index (χ2v) is 7.50. The molecule has 3 nitrogen and oxygen atoms in total. The van der Waals surface area contributed by atoms with Gasteiger partial charge < -0.3 is 10.1 Å². The van der Waals surface area contributed by atoms with Crippen LogP contribution in [0.15, 0.2) is 40.9 Å². The van der Waals surface area contributed by atoms with E-state index in [0.717, 1.165) is 15.7 Å². The number of rotatable bonds is 3. The molecule has 122 valence electrons. The van der Waals surface area contributed by atoms with Crippen LogP contribution in [-0.4, -0.2) is 13.0 Å². The molecule has 2 rings (SSSR count). The van der Waals surface area contributed by atoms with Crippen molar-refractivity contribution in [3.63, 3.8) is 0 Å². The number of ether oxygens (including phenoxy) is 1. The maximum Gasteiger partial charge on any atom is 0.259 e. The highest BCUT2D eigenvalue weighted by Gasteiger charge is 2.17. The summed E-state index contributed by atoms with van der Waals surface area (Å²) in [5.74, 6) is 0.409. The van der Waals surface area contributed by atoms with Gasteiger partial charge in [0.25, 0.3) is 5.91 Å². The fourth-order valence-electron chi connectivity index (χ4n) is 2.42. The van der Waals surface area contributed by atoms with Crippen LogP contribution in [-0.2, 0) is 5.41 Å². The monoisotopic (exact) mass is 375 g/mol. The summed E-state index contributed by atoms with van der Waals surface area (Å²) in [4.78, 5) is 12.6. The smallest absolute Gasteiger partial charge is 0.259 e. The number of benzene rings is 2. The maximum absolute atomic E-state index is 12.6. The molecule has 0 aliphatic rings. The topological polar surface area (TPSA) is 38.3 Å². The Bertz CT molecular complexity index is 715. The van der Waals surface area contributed by atoms with Gasteiger partial charge in [0.15, 0.2) is 0 Å². The van der Waals surface area contributed by atoms with Crippen LogP contribution in [0.25, 0.3) is 0 Å². The molecule has 2 aromatic rings. The van der Waals surface area contributed by atoms with Gasteiger partial charge in [0.1, 0.15) is 5.75 Å². The highest BCUT2D eigenvalue weighted by molar-refractivity contribution is 9.10. The van der Waals surface area contributed by atoms with E-state index >= 15 is 0 Å². The molecule has 4 heteroatoms. The van der Waals surface area contributed by atoms with Crippen molar-refractivity contribution in [3.05, 3.63) is 57.6 Å². The van der Waals surface area contributed by atoms with Crippen LogP contribution in [0.4, 0.5) is 5.69 Å². The van der Waals surface area contributed by atoms with E-state index in [4.69, 9.17) is 4.74 Å². The number of carbonyl (C=O) groups is 1. The normalized spacial score (nSPS) is 11.2. The van der Waals surface area contributed by atoms with Crippen LogP contribution in [0.1, 0.15) is 42.3 Å². The number of carbonyl (C=O) groups excluding carboxylic acids is 1. The zero-order chi connectivity index (χ0) is 17.2. The molecule has 2 aromatic carbocycles. The van der Waals surface area contributed by atoms with Gasteiger partial charge in [-0.2, -0.15) is 0 Å². The summed E-state index contributed by atoms with van der Waals surface area (Å²) in [6, 6.07) is 11.6. The van der Waals surface area contributed by atoms with Crippen molar-refractivity contribution in [3.8, 4) is 5.75 Å². The van der Waals surface area contributed by atoms with Gasteiger partial charge >= 0.3 is 0 Å². The lowest BCUT2D eigenvalue weighted by atomic mass is 9.87. The zero-order valence-corrected chi connectivity index (χ0v) is 15.7. The minimum atomic E-state index is -0.185. The molecule has 0 radical (unpaired) electrons. The Morgan fingerprint density at radius 1 is 1.13 bits per heavy atom. The fourth-order valence-corrected chi connectivity index (χ4v) is 2.99. The number of aryl methyl sites for hydroxylation is 1. The third kappa shape index (κ3) is 4.14. The van der Waals surface area contributed by atoms with Crippen LogP contribution in [0, 0.1) is 6.92 Å². The predicted octanol–water partition coefficient (Wildman–Crippen LogP) is 5.32. The number of anilines is 1. The number of hydrogen-bond acceptors (Lipinski definition) is 2. The van der Waals surface area contributed by atoms with Crippen molar-refractivity contribution in [2.75, 3.05) is 12.4 Å². The molecule has 0 spiro atoms. The van der Waals surface area contributed by atoms with Crippen molar-refractivity contribution in [2.45, 2.75) is 33.1 Å². The zero-order valence-electron chi connectivity index (χ0n) is 14.2. The van der Waals surface area contributed by atoms with Crippen LogP contribution >= 0.6 is 15.9 Å². The third-order valence-corrected chi connectivity index (χ3v) is 4.15. The summed E-state index contributed by atoms with van der Waals surface area (Å²) in [6.45, 7) is 8.40. The Hall–Kier alpha value is -1.81. The molecule has 0 bridgehead atoms. The lowest BCUT2D eigenvalue weighted by molar-refractivity contribution is 0.102. The van der Waals surface area contributed by atoms with Gasteiger partial charge in [-0.3, -0.25) is 4.79 Å². The summed E-state index contributed by atoms with van der Waals surface area (Å²) >= 11 is 3.43. The van der Waals surface area contributed by atoms with Gasteiger partial charge in [0, 0.05) is 10.2 Å². The first-order chi connectivity index (χ1) is 10.7. The van der Waals surface area contributed by atoms with Gasteiger partial charge in [-0.1, -0.05) is 48.8 Å². The molecule has 0 aliphatic carbocycles. The quantitative estimate of drug-likeness (QED) is 0.788. The summed E-state index contributed by atoms with van der Waals surface area (Å²) in [5.41, 5.74) is 3.51. The molecular formula is C19H22BrNO2. The highest BCUT2D eigenvalue weighted by Crippen LogP contribution is 2.29. The van der Waals surface area contributed by atoms with Gasteiger partial charge in [0.05, 0.1) is 12.7 Å². The van der Waals surface area contributed by atoms with E-state index in [1.165, 1.54) is 5.56 Å². The Labute approximate surface area is 146 Å². The average Bonchev–Trinajstić information content (AvgIpc) is 2.46. The van der Waals surface area contributed by atoms with E-state index in [9.17, 15) is 4.79 Å². The van der Waals surface area contributed by atoms with Gasteiger partial charge in [-0.25, -0.2) is 0 Å². The molecule has 1 N–H and O–H groups in total. The first-order valence-corrected chi connectivity index (χ1v) is 8.27. The lowest BCUT2D eigenvalue weighted by Gasteiger charge is -2.19. The standard InChI is InChI=1S/C19H22BrNO2/c1-12-10-14(20)11-16(17(12)23-5)18(22)21-15-8-6-13(7-9-15)19(2,3)4/h6-11H,1-5H3,(H,21,22). The Morgan fingerprint density at radius 3 is 2.26 bits per heavy atom. The van der Waals surface area contributed by atoms with Crippen LogP contribution in [0.5, 0.6) is 5.75 Å². The van der Waals surface area contributed by atoms with E-state index in [0.29, 0.717) is 11.3 Å². The summed E-state index contributed by atoms with van der Waals surface area (Å²) in [6.07, 6.45) is 0. The van der Waals surface area contributed by atoms with Crippen LogP contribution < -0.4 is 10.1 Å². The summed E-state index contributed by atoms with van der Waals surface area (Å²) in [5, 5.41) is 2.93. The van der Waals surface area contributed by atoms with Crippen LogP contribution in [0.2, 0.25) is 0 Å². The minimum absolute atomic E-state index is 0.0904. The molecule has 0 heterocycles. The van der Waals surface area contributed by atoms with Crippen molar-refractivity contribution in [1.29, 1.82) is 0 Å². The molecule has 0 atom stereocenters. The number of amides is 1. The van der Waals surface area contributed by atoms with Crippen molar-refractivity contribution < 1.29 is 9.53 Å². The Morgan fingerprint density at radius 2 is 1.74 bits per heavy atom. The van der Waals surface area contributed by atoms with Crippen molar-refractivity contribution >= 4 is 27.5 Å². The third-order valence-electron chi connectivity index (χ3n) is 3.70. The summed E-state index contributed by atoms with van der Waals surface area (Å²) in [7, 11) is 1.57. The van der Waals surface area contributed by atoms with Crippen LogP contribution in [0.3, 0.4) is 0 Å². The first-order valence-electron chi connectivity index (χ1n) is 7.48. The molecule has 0 saturated carbocycles. The number of halogens is 1. The van der Waals surface area contributed by atoms with E-state index in [1.54, 1.807) is 13.2 Å². The molecular weight excluding hydrogens is 354 g/mol.